The summed E-state index contributed by atoms with van der Waals surface area (Å²) < 4.78 is 5.35. The summed E-state index contributed by atoms with van der Waals surface area (Å²) in [7, 11) is 0. The standard InChI is InChI=1S/C24H27ClN6O2/c1-2-20-22(17-4-6-21(26)28-14-17)23(30-15-29-20)16-3-5-18(19(25)13-16)24(32)27-7-8-31-9-11-33-12-10-31/h3-6,13-15H,2,7-12H2,1H3,(H2,26,28)(H,27,32). The Bertz CT molecular complexity index is 1120. The maximum Gasteiger partial charge on any atom is 0.252 e. The van der Waals surface area contributed by atoms with E-state index >= 15 is 0 Å². The molecular formula is C24H27ClN6O2. The Balaban J connectivity index is 1.55. The molecule has 33 heavy (non-hydrogen) atoms. The van der Waals surface area contributed by atoms with Gasteiger partial charge in [-0.2, -0.15) is 0 Å². The number of rotatable bonds is 7. The summed E-state index contributed by atoms with van der Waals surface area (Å²) in [4.78, 5) is 28.1. The van der Waals surface area contributed by atoms with Gasteiger partial charge in [-0.25, -0.2) is 15.0 Å². The van der Waals surface area contributed by atoms with Crippen LogP contribution in [0.25, 0.3) is 22.4 Å². The lowest BCUT2D eigenvalue weighted by atomic mass is 9.97. The molecule has 172 valence electrons. The number of ether oxygens (including phenoxy) is 1. The minimum atomic E-state index is -0.195. The van der Waals surface area contributed by atoms with Crippen LogP contribution < -0.4 is 11.1 Å². The molecule has 3 heterocycles. The molecule has 0 saturated carbocycles. The summed E-state index contributed by atoms with van der Waals surface area (Å²) in [5.41, 5.74) is 10.4. The number of benzene rings is 1. The maximum absolute atomic E-state index is 12.7. The molecule has 0 aliphatic carbocycles. The zero-order valence-electron chi connectivity index (χ0n) is 18.6. The molecular weight excluding hydrogens is 440 g/mol. The minimum Gasteiger partial charge on any atom is -0.384 e. The number of nitrogens with two attached hydrogens (primary N) is 1. The second-order valence-electron chi connectivity index (χ2n) is 7.77. The second kappa shape index (κ2) is 10.7. The van der Waals surface area contributed by atoms with Crippen LogP contribution >= 0.6 is 11.6 Å². The van der Waals surface area contributed by atoms with Crippen LogP contribution in [0.15, 0.2) is 42.9 Å². The number of nitrogen functional groups attached to an aromatic ring is 1. The number of aromatic nitrogens is 3. The van der Waals surface area contributed by atoms with Gasteiger partial charge in [-0.05, 0) is 30.7 Å². The van der Waals surface area contributed by atoms with Gasteiger partial charge in [-0.1, -0.05) is 24.6 Å². The third kappa shape index (κ3) is 5.47. The molecule has 2 aromatic heterocycles. The van der Waals surface area contributed by atoms with Crippen LogP contribution in [-0.2, 0) is 11.2 Å². The number of morpholine rings is 1. The molecule has 1 saturated heterocycles. The van der Waals surface area contributed by atoms with E-state index in [9.17, 15) is 4.79 Å². The van der Waals surface area contributed by atoms with Gasteiger partial charge in [0.05, 0.1) is 35.2 Å². The van der Waals surface area contributed by atoms with Crippen LogP contribution in [0.5, 0.6) is 0 Å². The van der Waals surface area contributed by atoms with Crippen molar-refractivity contribution in [2.45, 2.75) is 13.3 Å². The summed E-state index contributed by atoms with van der Waals surface area (Å²) in [6.45, 7) is 6.61. The molecule has 0 bridgehead atoms. The van der Waals surface area contributed by atoms with Crippen molar-refractivity contribution in [3.05, 3.63) is 59.1 Å². The number of carbonyl (C=O) groups excluding carboxylic acids is 1. The number of anilines is 1. The molecule has 9 heteroatoms. The number of aryl methyl sites for hydroxylation is 1. The molecule has 1 fully saturated rings. The van der Waals surface area contributed by atoms with Crippen LogP contribution in [0.1, 0.15) is 23.0 Å². The van der Waals surface area contributed by atoms with Crippen LogP contribution in [0.2, 0.25) is 5.02 Å². The average Bonchev–Trinajstić information content (AvgIpc) is 2.84. The second-order valence-corrected chi connectivity index (χ2v) is 8.18. The number of nitrogens with zero attached hydrogens (tertiary/aromatic N) is 4. The van der Waals surface area contributed by atoms with Crippen LogP contribution in [0, 0.1) is 0 Å². The molecule has 1 aromatic carbocycles. The Kier molecular flexibility index (Phi) is 7.49. The van der Waals surface area contributed by atoms with Gasteiger partial charge in [0.1, 0.15) is 12.1 Å². The van der Waals surface area contributed by atoms with Crippen LogP contribution in [0.3, 0.4) is 0 Å². The lowest BCUT2D eigenvalue weighted by molar-refractivity contribution is 0.0383. The van der Waals surface area contributed by atoms with Gasteiger partial charge in [0, 0.05) is 49.1 Å². The number of carbonyl (C=O) groups is 1. The quantitative estimate of drug-likeness (QED) is 0.551. The Morgan fingerprint density at radius 1 is 1.15 bits per heavy atom. The third-order valence-corrected chi connectivity index (χ3v) is 5.95. The highest BCUT2D eigenvalue weighted by atomic mass is 35.5. The molecule has 3 aromatic rings. The fraction of sp³-hybridized carbons (Fsp3) is 0.333. The van der Waals surface area contributed by atoms with Gasteiger partial charge >= 0.3 is 0 Å². The van der Waals surface area contributed by atoms with Crippen LogP contribution in [0.4, 0.5) is 5.82 Å². The van der Waals surface area contributed by atoms with E-state index in [2.05, 4.69) is 25.2 Å². The van der Waals surface area contributed by atoms with Crippen LogP contribution in [-0.4, -0.2) is 65.2 Å². The van der Waals surface area contributed by atoms with E-state index in [0.717, 1.165) is 67.3 Å². The molecule has 1 aliphatic heterocycles. The Hall–Kier alpha value is -3.07. The lowest BCUT2D eigenvalue weighted by Crippen LogP contribution is -2.41. The van der Waals surface area contributed by atoms with Gasteiger partial charge in [0.15, 0.2) is 0 Å². The molecule has 8 nitrogen and oxygen atoms in total. The zero-order valence-corrected chi connectivity index (χ0v) is 19.3. The SMILES string of the molecule is CCc1ncnc(-c2ccc(C(=O)NCCN3CCOCC3)c(Cl)c2)c1-c1ccc(N)nc1. The number of amides is 1. The van der Waals surface area contributed by atoms with E-state index in [-0.39, 0.29) is 5.91 Å². The highest BCUT2D eigenvalue weighted by Gasteiger charge is 2.18. The summed E-state index contributed by atoms with van der Waals surface area (Å²) in [6, 6.07) is 9.03. The first kappa shape index (κ1) is 23.1. The third-order valence-electron chi connectivity index (χ3n) is 5.64. The topological polar surface area (TPSA) is 106 Å². The van der Waals surface area contributed by atoms with E-state index in [4.69, 9.17) is 22.1 Å². The van der Waals surface area contributed by atoms with Gasteiger partial charge in [0.25, 0.3) is 5.91 Å². The number of halogens is 1. The van der Waals surface area contributed by atoms with Gasteiger partial charge in [-0.15, -0.1) is 0 Å². The number of pyridine rings is 1. The highest BCUT2D eigenvalue weighted by Crippen LogP contribution is 2.34. The van der Waals surface area contributed by atoms with Gasteiger partial charge < -0.3 is 15.8 Å². The van der Waals surface area contributed by atoms with Gasteiger partial charge in [0.2, 0.25) is 0 Å². The smallest absolute Gasteiger partial charge is 0.252 e. The summed E-state index contributed by atoms with van der Waals surface area (Å²) in [6.07, 6.45) is 3.99. The number of hydrogen-bond acceptors (Lipinski definition) is 7. The van der Waals surface area contributed by atoms with E-state index < -0.39 is 0 Å². The highest BCUT2D eigenvalue weighted by molar-refractivity contribution is 6.34. The summed E-state index contributed by atoms with van der Waals surface area (Å²) >= 11 is 6.53. The zero-order chi connectivity index (χ0) is 23.2. The van der Waals surface area contributed by atoms with Crippen molar-refractivity contribution in [2.75, 3.05) is 45.1 Å². The monoisotopic (exact) mass is 466 g/mol. The molecule has 3 N–H and O–H groups in total. The predicted octanol–water partition coefficient (Wildman–Crippen LogP) is 3.07. The maximum atomic E-state index is 12.7. The molecule has 0 unspecified atom stereocenters. The summed E-state index contributed by atoms with van der Waals surface area (Å²) in [5.74, 6) is 0.252. The van der Waals surface area contributed by atoms with E-state index in [1.165, 1.54) is 0 Å². The first-order valence-electron chi connectivity index (χ1n) is 11.0. The largest absolute Gasteiger partial charge is 0.384 e. The molecule has 4 rings (SSSR count). The average molecular weight is 467 g/mol. The molecule has 0 radical (unpaired) electrons. The normalized spacial score (nSPS) is 14.2. The van der Waals surface area contributed by atoms with Crippen molar-refractivity contribution < 1.29 is 9.53 Å². The Morgan fingerprint density at radius 2 is 1.94 bits per heavy atom. The predicted molar refractivity (Wildman–Crippen MR) is 129 cm³/mol. The summed E-state index contributed by atoms with van der Waals surface area (Å²) in [5, 5.41) is 3.33. The minimum absolute atomic E-state index is 0.195. The van der Waals surface area contributed by atoms with Crippen molar-refractivity contribution in [3.63, 3.8) is 0 Å². The van der Waals surface area contributed by atoms with Crippen molar-refractivity contribution in [2.24, 2.45) is 0 Å². The van der Waals surface area contributed by atoms with Crippen molar-refractivity contribution in [3.8, 4) is 22.4 Å². The van der Waals surface area contributed by atoms with Crippen molar-refractivity contribution in [1.29, 1.82) is 0 Å². The van der Waals surface area contributed by atoms with Gasteiger partial charge in [-0.3, -0.25) is 9.69 Å². The number of nitrogens with one attached hydrogen (secondary N) is 1. The molecule has 0 atom stereocenters. The molecule has 1 aliphatic rings. The van der Waals surface area contributed by atoms with E-state index in [1.54, 1.807) is 30.7 Å². The Morgan fingerprint density at radius 3 is 2.64 bits per heavy atom. The molecule has 0 spiro atoms. The lowest BCUT2D eigenvalue weighted by Gasteiger charge is -2.26. The first-order chi connectivity index (χ1) is 16.1. The van der Waals surface area contributed by atoms with Crippen molar-refractivity contribution in [1.82, 2.24) is 25.2 Å². The van der Waals surface area contributed by atoms with Crippen molar-refractivity contribution >= 4 is 23.3 Å². The fourth-order valence-corrected chi connectivity index (χ4v) is 4.13. The van der Waals surface area contributed by atoms with E-state index in [0.29, 0.717) is 22.9 Å². The number of hydrogen-bond donors (Lipinski definition) is 2. The fourth-order valence-electron chi connectivity index (χ4n) is 3.86. The molecule has 1 amide bonds. The van der Waals surface area contributed by atoms with E-state index in [1.807, 2.05) is 19.1 Å². The Labute approximate surface area is 198 Å². The first-order valence-corrected chi connectivity index (χ1v) is 11.4.